The van der Waals surface area contributed by atoms with E-state index in [4.69, 9.17) is 0 Å². The second kappa shape index (κ2) is 5.25. The largest absolute Gasteiger partial charge is 0.392 e. The number of hydrogen-bond acceptors (Lipinski definition) is 4. The highest BCUT2D eigenvalue weighted by molar-refractivity contribution is 5.32. The molecule has 0 aliphatic heterocycles. The van der Waals surface area contributed by atoms with Crippen LogP contribution in [0, 0.1) is 10.1 Å². The molecule has 17 heavy (non-hydrogen) atoms. The van der Waals surface area contributed by atoms with Crippen LogP contribution in [0.3, 0.4) is 0 Å². The van der Waals surface area contributed by atoms with Gasteiger partial charge < -0.3 is 10.4 Å². The van der Waals surface area contributed by atoms with Gasteiger partial charge in [-0.05, 0) is 24.8 Å². The Bertz CT molecular complexity index is 391. The van der Waals surface area contributed by atoms with Crippen LogP contribution in [0.4, 0.5) is 5.69 Å². The predicted octanol–water partition coefficient (Wildman–Crippen LogP) is 1.60. The summed E-state index contributed by atoms with van der Waals surface area (Å²) < 4.78 is 0. The zero-order valence-electron chi connectivity index (χ0n) is 9.50. The van der Waals surface area contributed by atoms with Crippen molar-refractivity contribution in [3.05, 3.63) is 39.9 Å². The number of benzene rings is 1. The molecule has 0 bridgehead atoms. The Kier molecular flexibility index (Phi) is 3.71. The van der Waals surface area contributed by atoms with E-state index in [2.05, 4.69) is 5.32 Å². The number of aliphatic hydroxyl groups excluding tert-OH is 1. The van der Waals surface area contributed by atoms with Gasteiger partial charge in [0, 0.05) is 24.7 Å². The molecule has 5 nitrogen and oxygen atoms in total. The first kappa shape index (κ1) is 12.0. The van der Waals surface area contributed by atoms with E-state index in [1.165, 1.54) is 12.1 Å². The fraction of sp³-hybridized carbons (Fsp3) is 0.500. The molecular weight excluding hydrogens is 220 g/mol. The lowest BCUT2D eigenvalue weighted by Crippen LogP contribution is -2.34. The molecule has 1 fully saturated rings. The van der Waals surface area contributed by atoms with Gasteiger partial charge >= 0.3 is 0 Å². The molecule has 0 spiro atoms. The van der Waals surface area contributed by atoms with Crippen molar-refractivity contribution >= 4 is 5.69 Å². The van der Waals surface area contributed by atoms with Crippen LogP contribution in [0.5, 0.6) is 0 Å². The maximum Gasteiger partial charge on any atom is 0.269 e. The highest BCUT2D eigenvalue weighted by Gasteiger charge is 2.24. The predicted molar refractivity (Wildman–Crippen MR) is 63.6 cm³/mol. The summed E-state index contributed by atoms with van der Waals surface area (Å²) in [7, 11) is 0. The molecular formula is C12H16N2O3. The maximum atomic E-state index is 10.5. The Labute approximate surface area is 99.6 Å². The molecule has 1 aromatic carbocycles. The summed E-state index contributed by atoms with van der Waals surface area (Å²) in [5.41, 5.74) is 1.10. The topological polar surface area (TPSA) is 75.4 Å². The molecule has 5 heteroatoms. The SMILES string of the molecule is O=[N+]([O-])c1ccc(CN[C@@H]2CCC[C@H]2O)cc1. The minimum Gasteiger partial charge on any atom is -0.392 e. The standard InChI is InChI=1S/C12H16N2O3/c15-12-3-1-2-11(12)13-8-9-4-6-10(7-5-9)14(16)17/h4-7,11-13,15H,1-3,8H2/t11-,12-/m1/s1. The molecule has 0 heterocycles. The third-order valence-electron chi connectivity index (χ3n) is 3.20. The van der Waals surface area contributed by atoms with Gasteiger partial charge in [0.1, 0.15) is 0 Å². The molecule has 2 N–H and O–H groups in total. The summed E-state index contributed by atoms with van der Waals surface area (Å²) in [6.07, 6.45) is 2.65. The van der Waals surface area contributed by atoms with Gasteiger partial charge in [0.15, 0.2) is 0 Å². The van der Waals surface area contributed by atoms with E-state index in [1.807, 2.05) is 0 Å². The van der Waals surface area contributed by atoms with Crippen LogP contribution in [0.2, 0.25) is 0 Å². The van der Waals surface area contributed by atoms with Crippen molar-refractivity contribution in [2.45, 2.75) is 38.0 Å². The molecule has 0 aromatic heterocycles. The first-order valence-corrected chi connectivity index (χ1v) is 5.81. The van der Waals surface area contributed by atoms with Crippen LogP contribution in [0.25, 0.3) is 0 Å². The van der Waals surface area contributed by atoms with E-state index in [9.17, 15) is 15.2 Å². The molecule has 0 radical (unpaired) electrons. The number of hydrogen-bond donors (Lipinski definition) is 2. The van der Waals surface area contributed by atoms with Crippen molar-refractivity contribution < 1.29 is 10.0 Å². The second-order valence-electron chi connectivity index (χ2n) is 4.41. The molecule has 2 rings (SSSR count). The van der Waals surface area contributed by atoms with Gasteiger partial charge in [0.05, 0.1) is 11.0 Å². The minimum atomic E-state index is -0.405. The van der Waals surface area contributed by atoms with Gasteiger partial charge in [-0.2, -0.15) is 0 Å². The van der Waals surface area contributed by atoms with E-state index in [0.29, 0.717) is 6.54 Å². The quantitative estimate of drug-likeness (QED) is 0.615. The van der Waals surface area contributed by atoms with Crippen LogP contribution >= 0.6 is 0 Å². The minimum absolute atomic E-state index is 0.106. The lowest BCUT2D eigenvalue weighted by Gasteiger charge is -2.16. The lowest BCUT2D eigenvalue weighted by molar-refractivity contribution is -0.384. The molecule has 1 aliphatic rings. The van der Waals surface area contributed by atoms with Crippen molar-refractivity contribution in [2.24, 2.45) is 0 Å². The number of nitrogens with one attached hydrogen (secondary N) is 1. The molecule has 92 valence electrons. The summed E-state index contributed by atoms with van der Waals surface area (Å²) >= 11 is 0. The zero-order valence-corrected chi connectivity index (χ0v) is 9.50. The number of nitro benzene ring substituents is 1. The summed E-state index contributed by atoms with van der Waals surface area (Å²) in [5, 5.41) is 23.4. The van der Waals surface area contributed by atoms with Gasteiger partial charge in [-0.15, -0.1) is 0 Å². The third kappa shape index (κ3) is 3.01. The highest BCUT2D eigenvalue weighted by Crippen LogP contribution is 2.19. The lowest BCUT2D eigenvalue weighted by atomic mass is 10.1. The average Bonchev–Trinajstić information content (AvgIpc) is 2.73. The molecule has 0 amide bonds. The van der Waals surface area contributed by atoms with Crippen molar-refractivity contribution in [2.75, 3.05) is 0 Å². The Hall–Kier alpha value is -1.46. The Morgan fingerprint density at radius 1 is 1.35 bits per heavy atom. The van der Waals surface area contributed by atoms with Crippen molar-refractivity contribution in [3.63, 3.8) is 0 Å². The van der Waals surface area contributed by atoms with Crippen molar-refractivity contribution in [1.82, 2.24) is 5.32 Å². The Morgan fingerprint density at radius 3 is 2.59 bits per heavy atom. The zero-order chi connectivity index (χ0) is 12.3. The monoisotopic (exact) mass is 236 g/mol. The van der Waals surface area contributed by atoms with Gasteiger partial charge in [0.25, 0.3) is 5.69 Å². The second-order valence-corrected chi connectivity index (χ2v) is 4.41. The molecule has 1 aromatic rings. The molecule has 1 aliphatic carbocycles. The number of nitro groups is 1. The van der Waals surface area contributed by atoms with Crippen LogP contribution in [-0.4, -0.2) is 22.2 Å². The Balaban J connectivity index is 1.88. The first-order chi connectivity index (χ1) is 8.16. The van der Waals surface area contributed by atoms with Gasteiger partial charge in [-0.1, -0.05) is 12.1 Å². The van der Waals surface area contributed by atoms with E-state index in [0.717, 1.165) is 24.8 Å². The number of nitrogens with zero attached hydrogens (tertiary/aromatic N) is 1. The van der Waals surface area contributed by atoms with Crippen LogP contribution in [0.15, 0.2) is 24.3 Å². The van der Waals surface area contributed by atoms with Crippen molar-refractivity contribution in [1.29, 1.82) is 0 Å². The third-order valence-corrected chi connectivity index (χ3v) is 3.20. The van der Waals surface area contributed by atoms with Crippen LogP contribution < -0.4 is 5.32 Å². The fourth-order valence-corrected chi connectivity index (χ4v) is 2.16. The summed E-state index contributed by atoms with van der Waals surface area (Å²) in [4.78, 5) is 10.1. The molecule has 0 unspecified atom stereocenters. The fourth-order valence-electron chi connectivity index (χ4n) is 2.16. The van der Waals surface area contributed by atoms with Crippen LogP contribution in [-0.2, 0) is 6.54 Å². The van der Waals surface area contributed by atoms with E-state index in [1.54, 1.807) is 12.1 Å². The van der Waals surface area contributed by atoms with Crippen LogP contribution in [0.1, 0.15) is 24.8 Å². The molecule has 2 atom stereocenters. The first-order valence-electron chi connectivity index (χ1n) is 5.81. The molecule has 0 saturated heterocycles. The van der Waals surface area contributed by atoms with Gasteiger partial charge in [-0.3, -0.25) is 10.1 Å². The highest BCUT2D eigenvalue weighted by atomic mass is 16.6. The van der Waals surface area contributed by atoms with E-state index < -0.39 is 4.92 Å². The summed E-state index contributed by atoms with van der Waals surface area (Å²) in [6.45, 7) is 0.639. The summed E-state index contributed by atoms with van der Waals surface area (Å²) in [6, 6.07) is 6.65. The number of non-ortho nitro benzene ring substituents is 1. The van der Waals surface area contributed by atoms with E-state index >= 15 is 0 Å². The van der Waals surface area contributed by atoms with Crippen molar-refractivity contribution in [3.8, 4) is 0 Å². The number of aliphatic hydroxyl groups is 1. The van der Waals surface area contributed by atoms with Gasteiger partial charge in [0.2, 0.25) is 0 Å². The van der Waals surface area contributed by atoms with Gasteiger partial charge in [-0.25, -0.2) is 0 Å². The van der Waals surface area contributed by atoms with E-state index in [-0.39, 0.29) is 17.8 Å². The Morgan fingerprint density at radius 2 is 2.06 bits per heavy atom. The summed E-state index contributed by atoms with van der Waals surface area (Å²) in [5.74, 6) is 0. The smallest absolute Gasteiger partial charge is 0.269 e. The normalized spacial score (nSPS) is 23.8. The maximum absolute atomic E-state index is 10.5. The average molecular weight is 236 g/mol. The number of rotatable bonds is 4. The molecule has 1 saturated carbocycles.